The average molecular weight is 176 g/mol. The van der Waals surface area contributed by atoms with Gasteiger partial charge < -0.3 is 4.42 Å². The topological polar surface area (TPSA) is 30.2 Å². The molecular formula is C11H12O2. The maximum absolute atomic E-state index is 10.3. The second-order valence-corrected chi connectivity index (χ2v) is 2.34. The Hall–Kier alpha value is -1.57. The van der Waals surface area contributed by atoms with Crippen LogP contribution in [0.25, 0.3) is 11.0 Å². The molecule has 13 heavy (non-hydrogen) atoms. The predicted molar refractivity (Wildman–Crippen MR) is 52.9 cm³/mol. The lowest BCUT2D eigenvalue weighted by Gasteiger charge is -1.88. The summed E-state index contributed by atoms with van der Waals surface area (Å²) in [4.78, 5) is 10.3. The van der Waals surface area contributed by atoms with Crippen molar-refractivity contribution < 1.29 is 9.21 Å². The van der Waals surface area contributed by atoms with Crippen molar-refractivity contribution >= 4 is 17.3 Å². The third-order valence-corrected chi connectivity index (χ3v) is 1.61. The van der Waals surface area contributed by atoms with Gasteiger partial charge in [-0.1, -0.05) is 13.8 Å². The summed E-state index contributed by atoms with van der Waals surface area (Å²) in [6.07, 6.45) is 2.44. The first-order valence-electron chi connectivity index (χ1n) is 4.32. The van der Waals surface area contributed by atoms with E-state index in [1.165, 1.54) is 0 Å². The zero-order valence-corrected chi connectivity index (χ0v) is 7.78. The molecule has 0 aliphatic carbocycles. The Morgan fingerprint density at radius 3 is 2.69 bits per heavy atom. The summed E-state index contributed by atoms with van der Waals surface area (Å²) >= 11 is 0. The highest BCUT2D eigenvalue weighted by Crippen LogP contribution is 2.15. The van der Waals surface area contributed by atoms with Gasteiger partial charge in [0.15, 0.2) is 0 Å². The molecule has 1 heterocycles. The van der Waals surface area contributed by atoms with Crippen LogP contribution < -0.4 is 0 Å². The molecule has 0 unspecified atom stereocenters. The normalized spacial score (nSPS) is 9.08. The Bertz CT molecular complexity index is 388. The van der Waals surface area contributed by atoms with E-state index in [9.17, 15) is 4.79 Å². The SMILES string of the molecule is CC.O=Cc1ccc2occc2c1. The quantitative estimate of drug-likeness (QED) is 0.624. The van der Waals surface area contributed by atoms with Gasteiger partial charge in [-0.05, 0) is 24.3 Å². The minimum atomic E-state index is 0.680. The molecular weight excluding hydrogens is 164 g/mol. The Kier molecular flexibility index (Phi) is 3.26. The van der Waals surface area contributed by atoms with Crippen molar-refractivity contribution in [3.63, 3.8) is 0 Å². The lowest BCUT2D eigenvalue weighted by molar-refractivity contribution is 0.112. The highest BCUT2D eigenvalue weighted by atomic mass is 16.3. The third-order valence-electron chi connectivity index (χ3n) is 1.61. The molecule has 0 saturated heterocycles. The fraction of sp³-hybridized carbons (Fsp3) is 0.182. The van der Waals surface area contributed by atoms with Crippen LogP contribution in [-0.2, 0) is 0 Å². The molecule has 1 aromatic heterocycles. The molecule has 2 nitrogen and oxygen atoms in total. The largest absolute Gasteiger partial charge is 0.464 e. The monoisotopic (exact) mass is 176 g/mol. The van der Waals surface area contributed by atoms with Crippen LogP contribution in [0.5, 0.6) is 0 Å². The van der Waals surface area contributed by atoms with Crippen LogP contribution in [0.1, 0.15) is 24.2 Å². The maximum Gasteiger partial charge on any atom is 0.150 e. The second kappa shape index (κ2) is 4.45. The average Bonchev–Trinajstić information content (AvgIpc) is 2.67. The van der Waals surface area contributed by atoms with Crippen molar-refractivity contribution in [2.45, 2.75) is 13.8 Å². The second-order valence-electron chi connectivity index (χ2n) is 2.34. The summed E-state index contributed by atoms with van der Waals surface area (Å²) in [5, 5.41) is 0.967. The third kappa shape index (κ3) is 1.96. The summed E-state index contributed by atoms with van der Waals surface area (Å²) < 4.78 is 5.10. The number of furan rings is 1. The van der Waals surface area contributed by atoms with Gasteiger partial charge in [0.2, 0.25) is 0 Å². The first-order chi connectivity index (χ1) is 6.40. The van der Waals surface area contributed by atoms with Gasteiger partial charge in [0.1, 0.15) is 11.9 Å². The number of benzene rings is 1. The minimum Gasteiger partial charge on any atom is -0.464 e. The molecule has 1 aromatic carbocycles. The van der Waals surface area contributed by atoms with Gasteiger partial charge in [-0.2, -0.15) is 0 Å². The molecule has 0 aliphatic heterocycles. The van der Waals surface area contributed by atoms with E-state index in [1.807, 2.05) is 19.9 Å². The van der Waals surface area contributed by atoms with Crippen LogP contribution >= 0.6 is 0 Å². The van der Waals surface area contributed by atoms with E-state index in [4.69, 9.17) is 4.42 Å². The summed E-state index contributed by atoms with van der Waals surface area (Å²) in [7, 11) is 0. The van der Waals surface area contributed by atoms with Gasteiger partial charge in [-0.3, -0.25) is 4.79 Å². The van der Waals surface area contributed by atoms with Crippen molar-refractivity contribution in [3.05, 3.63) is 36.1 Å². The number of hydrogen-bond donors (Lipinski definition) is 0. The molecule has 2 heteroatoms. The van der Waals surface area contributed by atoms with Crippen molar-refractivity contribution in [2.24, 2.45) is 0 Å². The molecule has 0 amide bonds. The number of aldehydes is 1. The number of carbonyl (C=O) groups is 1. The first-order valence-corrected chi connectivity index (χ1v) is 4.32. The van der Waals surface area contributed by atoms with Crippen molar-refractivity contribution in [3.8, 4) is 0 Å². The van der Waals surface area contributed by atoms with E-state index in [0.29, 0.717) is 5.56 Å². The van der Waals surface area contributed by atoms with Crippen LogP contribution in [0.4, 0.5) is 0 Å². The molecule has 0 radical (unpaired) electrons. The van der Waals surface area contributed by atoms with Crippen molar-refractivity contribution in [1.29, 1.82) is 0 Å². The fourth-order valence-corrected chi connectivity index (χ4v) is 1.06. The molecule has 0 fully saturated rings. The molecule has 0 spiro atoms. The van der Waals surface area contributed by atoms with Gasteiger partial charge in [0, 0.05) is 10.9 Å². The minimum absolute atomic E-state index is 0.680. The predicted octanol–water partition coefficient (Wildman–Crippen LogP) is 3.27. The van der Waals surface area contributed by atoms with Gasteiger partial charge in [0.05, 0.1) is 6.26 Å². The Labute approximate surface area is 77.2 Å². The first kappa shape index (κ1) is 9.52. The molecule has 0 saturated carbocycles. The van der Waals surface area contributed by atoms with Crippen molar-refractivity contribution in [2.75, 3.05) is 0 Å². The molecule has 0 aliphatic rings. The lowest BCUT2D eigenvalue weighted by atomic mass is 10.2. The molecule has 0 bridgehead atoms. The summed E-state index contributed by atoms with van der Waals surface area (Å²) in [5.74, 6) is 0. The Balaban J connectivity index is 0.000000396. The van der Waals surface area contributed by atoms with E-state index in [-0.39, 0.29) is 0 Å². The molecule has 0 atom stereocenters. The summed E-state index contributed by atoms with van der Waals surface area (Å²) in [5.41, 5.74) is 1.49. The van der Waals surface area contributed by atoms with E-state index in [0.717, 1.165) is 17.3 Å². The summed E-state index contributed by atoms with van der Waals surface area (Å²) in [6, 6.07) is 7.16. The smallest absolute Gasteiger partial charge is 0.150 e. The zero-order chi connectivity index (χ0) is 9.68. The summed E-state index contributed by atoms with van der Waals surface area (Å²) in [6.45, 7) is 4.00. The van der Waals surface area contributed by atoms with Crippen LogP contribution in [-0.4, -0.2) is 6.29 Å². The van der Waals surface area contributed by atoms with E-state index in [2.05, 4.69) is 0 Å². The molecule has 2 aromatic rings. The van der Waals surface area contributed by atoms with Crippen LogP contribution in [0.3, 0.4) is 0 Å². The number of fused-ring (bicyclic) bond motifs is 1. The van der Waals surface area contributed by atoms with Gasteiger partial charge in [0.25, 0.3) is 0 Å². The molecule has 2 rings (SSSR count). The number of hydrogen-bond acceptors (Lipinski definition) is 2. The van der Waals surface area contributed by atoms with Crippen LogP contribution in [0.2, 0.25) is 0 Å². The highest BCUT2D eigenvalue weighted by molar-refractivity contribution is 5.85. The Morgan fingerprint density at radius 1 is 1.23 bits per heavy atom. The van der Waals surface area contributed by atoms with Gasteiger partial charge in [-0.25, -0.2) is 0 Å². The number of rotatable bonds is 1. The number of carbonyl (C=O) groups excluding carboxylic acids is 1. The van der Waals surface area contributed by atoms with E-state index < -0.39 is 0 Å². The molecule has 68 valence electrons. The maximum atomic E-state index is 10.3. The lowest BCUT2D eigenvalue weighted by Crippen LogP contribution is -1.75. The Morgan fingerprint density at radius 2 is 2.00 bits per heavy atom. The molecule has 0 N–H and O–H groups in total. The standard InChI is InChI=1S/C9H6O2.C2H6/c10-6-7-1-2-9-8(5-7)3-4-11-9;1-2/h1-6H;1-2H3. The van der Waals surface area contributed by atoms with E-state index >= 15 is 0 Å². The van der Waals surface area contributed by atoms with E-state index in [1.54, 1.807) is 24.5 Å². The fourth-order valence-electron chi connectivity index (χ4n) is 1.06. The zero-order valence-electron chi connectivity index (χ0n) is 7.78. The highest BCUT2D eigenvalue weighted by Gasteiger charge is 1.96. The van der Waals surface area contributed by atoms with Crippen LogP contribution in [0, 0.1) is 0 Å². The van der Waals surface area contributed by atoms with Gasteiger partial charge in [-0.15, -0.1) is 0 Å². The van der Waals surface area contributed by atoms with Crippen molar-refractivity contribution in [1.82, 2.24) is 0 Å². The van der Waals surface area contributed by atoms with Gasteiger partial charge >= 0.3 is 0 Å². The van der Waals surface area contributed by atoms with Crippen LogP contribution in [0.15, 0.2) is 34.9 Å².